The van der Waals surface area contributed by atoms with Gasteiger partial charge in [0.1, 0.15) is 41.6 Å². The van der Waals surface area contributed by atoms with Gasteiger partial charge in [0.25, 0.3) is 0 Å². The molecule has 5 atom stereocenters. The standard InChI is InChI=1S/C23H24O12/c1-31-12-4-3-9(5-11(12)25)10-8-33-13-6-14(22(32-2)19(28)16(13)17(10)26)34-23-21(30)20(29)18(27)15(7-24)35-23/h3-6,8,15,18,20-21,23-25,27-30H,7H2,1-2H3/t15-,18-,20-,21-,23-/m0/s1. The highest BCUT2D eigenvalue weighted by Gasteiger charge is 2.45. The number of fused-ring (bicyclic) bond motifs is 1. The minimum atomic E-state index is -1.72. The van der Waals surface area contributed by atoms with E-state index < -0.39 is 48.5 Å². The first-order chi connectivity index (χ1) is 16.7. The molecule has 0 saturated carbocycles. The summed E-state index contributed by atoms with van der Waals surface area (Å²) in [6.07, 6.45) is -6.64. The molecule has 4 rings (SSSR count). The number of aliphatic hydroxyl groups excluding tert-OH is 4. The van der Waals surface area contributed by atoms with Crippen LogP contribution in [0, 0.1) is 0 Å². The zero-order valence-corrected chi connectivity index (χ0v) is 18.6. The summed E-state index contributed by atoms with van der Waals surface area (Å²) in [5, 5.41) is 60.2. The molecule has 0 aliphatic carbocycles. The van der Waals surface area contributed by atoms with E-state index >= 15 is 0 Å². The van der Waals surface area contributed by atoms with Gasteiger partial charge in [-0.05, 0) is 17.7 Å². The van der Waals surface area contributed by atoms with E-state index in [4.69, 9.17) is 23.4 Å². The maximum absolute atomic E-state index is 13.2. The topological polar surface area (TPSA) is 189 Å². The van der Waals surface area contributed by atoms with Crippen LogP contribution in [0.25, 0.3) is 22.1 Å². The molecule has 188 valence electrons. The van der Waals surface area contributed by atoms with Crippen molar-refractivity contribution in [3.8, 4) is 39.9 Å². The zero-order valence-electron chi connectivity index (χ0n) is 18.6. The molecular formula is C23H24O12. The van der Waals surface area contributed by atoms with Crippen molar-refractivity contribution in [1.29, 1.82) is 0 Å². The molecule has 1 aromatic heterocycles. The molecule has 0 amide bonds. The smallest absolute Gasteiger partial charge is 0.229 e. The fourth-order valence-corrected chi connectivity index (χ4v) is 3.86. The molecule has 0 spiro atoms. The number of rotatable bonds is 6. The Morgan fingerprint density at radius 3 is 2.34 bits per heavy atom. The maximum Gasteiger partial charge on any atom is 0.229 e. The van der Waals surface area contributed by atoms with E-state index in [0.717, 1.165) is 6.26 Å². The lowest BCUT2D eigenvalue weighted by molar-refractivity contribution is -0.277. The van der Waals surface area contributed by atoms with Gasteiger partial charge >= 0.3 is 0 Å². The van der Waals surface area contributed by atoms with Crippen LogP contribution in [0.2, 0.25) is 0 Å². The summed E-state index contributed by atoms with van der Waals surface area (Å²) in [5.41, 5.74) is -0.394. The lowest BCUT2D eigenvalue weighted by Gasteiger charge is -2.39. The summed E-state index contributed by atoms with van der Waals surface area (Å²) in [4.78, 5) is 13.2. The second-order valence-electron chi connectivity index (χ2n) is 7.81. The molecule has 1 fully saturated rings. The Morgan fingerprint density at radius 1 is 0.971 bits per heavy atom. The zero-order chi connectivity index (χ0) is 25.4. The molecule has 12 heteroatoms. The van der Waals surface area contributed by atoms with Gasteiger partial charge in [-0.15, -0.1) is 0 Å². The van der Waals surface area contributed by atoms with E-state index in [-0.39, 0.29) is 39.5 Å². The van der Waals surface area contributed by atoms with E-state index in [0.29, 0.717) is 5.56 Å². The van der Waals surface area contributed by atoms with Crippen LogP contribution in [0.1, 0.15) is 0 Å². The monoisotopic (exact) mass is 492 g/mol. The van der Waals surface area contributed by atoms with E-state index in [1.807, 2.05) is 0 Å². The molecule has 0 bridgehead atoms. The molecular weight excluding hydrogens is 468 g/mol. The number of methoxy groups -OCH3 is 2. The van der Waals surface area contributed by atoms with Gasteiger partial charge in [-0.3, -0.25) is 4.79 Å². The van der Waals surface area contributed by atoms with Crippen LogP contribution in [0.3, 0.4) is 0 Å². The molecule has 35 heavy (non-hydrogen) atoms. The lowest BCUT2D eigenvalue weighted by Crippen LogP contribution is -2.60. The summed E-state index contributed by atoms with van der Waals surface area (Å²) in [7, 11) is 2.58. The van der Waals surface area contributed by atoms with Gasteiger partial charge in [0, 0.05) is 6.07 Å². The Bertz CT molecular complexity index is 1280. The van der Waals surface area contributed by atoms with Crippen LogP contribution in [0.4, 0.5) is 0 Å². The highest BCUT2D eigenvalue weighted by atomic mass is 16.7. The van der Waals surface area contributed by atoms with Crippen LogP contribution in [-0.2, 0) is 4.74 Å². The summed E-state index contributed by atoms with van der Waals surface area (Å²) in [6, 6.07) is 5.52. The fourth-order valence-electron chi connectivity index (χ4n) is 3.86. The normalized spacial score (nSPS) is 24.3. The SMILES string of the molecule is COc1ccc(-c2coc3cc(O[C@H]4O[C@@H](CO)[C@H](O)[C@H](O)[C@@H]4O)c(OC)c(O)c3c2=O)cc1O. The minimum absolute atomic E-state index is 0.0374. The van der Waals surface area contributed by atoms with Crippen molar-refractivity contribution in [2.75, 3.05) is 20.8 Å². The van der Waals surface area contributed by atoms with Crippen LogP contribution < -0.4 is 19.6 Å². The number of aromatic hydroxyl groups is 2. The molecule has 0 radical (unpaired) electrons. The van der Waals surface area contributed by atoms with E-state index in [1.165, 1.54) is 38.5 Å². The van der Waals surface area contributed by atoms with Crippen LogP contribution in [0.5, 0.6) is 28.7 Å². The molecule has 1 aliphatic rings. The average Bonchev–Trinajstić information content (AvgIpc) is 2.84. The molecule has 6 N–H and O–H groups in total. The Hall–Kier alpha value is -3.55. The predicted octanol–water partition coefficient (Wildman–Crippen LogP) is 0.0671. The maximum atomic E-state index is 13.2. The number of hydrogen-bond acceptors (Lipinski definition) is 12. The first-order valence-electron chi connectivity index (χ1n) is 10.4. The largest absolute Gasteiger partial charge is 0.504 e. The van der Waals surface area contributed by atoms with Gasteiger partial charge in [-0.25, -0.2) is 0 Å². The van der Waals surface area contributed by atoms with Gasteiger partial charge < -0.3 is 54.0 Å². The third-order valence-corrected chi connectivity index (χ3v) is 5.75. The minimum Gasteiger partial charge on any atom is -0.504 e. The molecule has 12 nitrogen and oxygen atoms in total. The lowest BCUT2D eigenvalue weighted by atomic mass is 9.99. The van der Waals surface area contributed by atoms with Crippen molar-refractivity contribution in [2.45, 2.75) is 30.7 Å². The predicted molar refractivity (Wildman–Crippen MR) is 119 cm³/mol. The second-order valence-corrected chi connectivity index (χ2v) is 7.81. The summed E-state index contributed by atoms with van der Waals surface area (Å²) < 4.78 is 26.7. The van der Waals surface area contributed by atoms with Crippen molar-refractivity contribution >= 4 is 11.0 Å². The number of phenolic OH excluding ortho intramolecular Hbond substituents is 2. The van der Waals surface area contributed by atoms with E-state index in [9.17, 15) is 35.4 Å². The molecule has 1 saturated heterocycles. The third kappa shape index (κ3) is 4.22. The average molecular weight is 492 g/mol. The summed E-state index contributed by atoms with van der Waals surface area (Å²) in [5.74, 6) is -1.12. The van der Waals surface area contributed by atoms with Crippen molar-refractivity contribution in [3.05, 3.63) is 40.8 Å². The quantitative estimate of drug-likeness (QED) is 0.272. The molecule has 2 aromatic carbocycles. The summed E-state index contributed by atoms with van der Waals surface area (Å²) >= 11 is 0. The molecule has 2 heterocycles. The van der Waals surface area contributed by atoms with Gasteiger partial charge in [0.15, 0.2) is 23.0 Å². The number of hydrogen-bond donors (Lipinski definition) is 6. The summed E-state index contributed by atoms with van der Waals surface area (Å²) in [6.45, 7) is -0.663. The van der Waals surface area contributed by atoms with Gasteiger partial charge in [0.2, 0.25) is 17.5 Å². The number of phenols is 2. The van der Waals surface area contributed by atoms with E-state index in [1.54, 1.807) is 0 Å². The highest BCUT2D eigenvalue weighted by molar-refractivity contribution is 5.91. The van der Waals surface area contributed by atoms with Crippen molar-refractivity contribution in [2.24, 2.45) is 0 Å². The number of benzene rings is 2. The van der Waals surface area contributed by atoms with Crippen molar-refractivity contribution < 1.29 is 54.0 Å². The third-order valence-electron chi connectivity index (χ3n) is 5.75. The van der Waals surface area contributed by atoms with Crippen molar-refractivity contribution in [1.82, 2.24) is 0 Å². The Balaban J connectivity index is 1.77. The van der Waals surface area contributed by atoms with Crippen LogP contribution in [-0.4, -0.2) is 82.2 Å². The Morgan fingerprint density at radius 2 is 1.71 bits per heavy atom. The van der Waals surface area contributed by atoms with Crippen LogP contribution >= 0.6 is 0 Å². The Kier molecular flexibility index (Phi) is 6.74. The molecule has 0 unspecified atom stereocenters. The first-order valence-corrected chi connectivity index (χ1v) is 10.4. The van der Waals surface area contributed by atoms with Crippen LogP contribution in [0.15, 0.2) is 39.7 Å². The fraction of sp³-hybridized carbons (Fsp3) is 0.348. The van der Waals surface area contributed by atoms with Gasteiger partial charge in [0.05, 0.1) is 26.4 Å². The first kappa shape index (κ1) is 24.6. The van der Waals surface area contributed by atoms with E-state index in [2.05, 4.69) is 0 Å². The highest BCUT2D eigenvalue weighted by Crippen LogP contribution is 2.43. The van der Waals surface area contributed by atoms with Crippen molar-refractivity contribution in [3.63, 3.8) is 0 Å². The molecule has 3 aromatic rings. The van der Waals surface area contributed by atoms with Gasteiger partial charge in [-0.2, -0.15) is 0 Å². The Labute approximate surface area is 197 Å². The number of ether oxygens (including phenoxy) is 4. The number of aliphatic hydroxyl groups is 4. The second kappa shape index (κ2) is 9.60. The van der Waals surface area contributed by atoms with Gasteiger partial charge in [-0.1, -0.05) is 6.07 Å². The molecule has 1 aliphatic heterocycles.